The van der Waals surface area contributed by atoms with Gasteiger partial charge in [0.1, 0.15) is 23.7 Å². The molecule has 1 aromatic carbocycles. The van der Waals surface area contributed by atoms with E-state index >= 15 is 0 Å². The number of nitrogens with two attached hydrogens (primary N) is 1. The number of halogens is 1. The number of aliphatic hydroxyl groups is 1. The molecule has 518 valence electrons. The molecule has 21 nitrogen and oxygen atoms in total. The normalized spacial score (nSPS) is 23.4. The van der Waals surface area contributed by atoms with Gasteiger partial charge < -0.3 is 47.5 Å². The van der Waals surface area contributed by atoms with Crippen LogP contribution < -0.4 is 37.6 Å². The van der Waals surface area contributed by atoms with Crippen LogP contribution in [0.25, 0.3) is 0 Å². The van der Waals surface area contributed by atoms with Crippen LogP contribution in [0.3, 0.4) is 0 Å². The predicted octanol–water partition coefficient (Wildman–Crippen LogP) is 7.37. The Morgan fingerprint density at radius 2 is 1.26 bits per heavy atom. The molecule has 1 saturated heterocycles. The highest BCUT2D eigenvalue weighted by Crippen LogP contribution is 2.48. The van der Waals surface area contributed by atoms with Crippen LogP contribution in [0.1, 0.15) is 218 Å². The summed E-state index contributed by atoms with van der Waals surface area (Å²) in [5.74, 6) is -15.4. The molecule has 0 radical (unpaired) electrons. The van der Waals surface area contributed by atoms with Gasteiger partial charge in [-0.1, -0.05) is 164 Å². The van der Waals surface area contributed by atoms with Crippen LogP contribution in [0.4, 0.5) is 4.39 Å². The lowest BCUT2D eigenvalue weighted by molar-refractivity contribution is -0.157. The second-order valence-electron chi connectivity index (χ2n) is 26.8. The van der Waals surface area contributed by atoms with E-state index in [4.69, 9.17) is 10.5 Å². The lowest BCUT2D eigenvalue weighted by atomic mass is 9.83. The van der Waals surface area contributed by atoms with Crippen LogP contribution in [0, 0.1) is 59.2 Å². The molecule has 7 amide bonds. The number of carbonyl (C=O) groups excluding carboxylic acids is 12. The molecule has 0 bridgehead atoms. The Bertz CT molecular complexity index is 2640. The van der Waals surface area contributed by atoms with Crippen molar-refractivity contribution in [2.75, 3.05) is 6.61 Å². The summed E-state index contributed by atoms with van der Waals surface area (Å²) in [6, 6.07) is 3.25. The number of rotatable bonds is 40. The van der Waals surface area contributed by atoms with E-state index in [9.17, 15) is 67.0 Å². The summed E-state index contributed by atoms with van der Waals surface area (Å²) >= 11 is 0. The van der Waals surface area contributed by atoms with Crippen molar-refractivity contribution in [3.8, 4) is 0 Å². The minimum absolute atomic E-state index is 0.0405. The Balaban J connectivity index is 1.91. The molecule has 1 heterocycles. The van der Waals surface area contributed by atoms with Crippen molar-refractivity contribution in [2.24, 2.45) is 64.9 Å². The van der Waals surface area contributed by atoms with Gasteiger partial charge in [0.15, 0.2) is 23.1 Å². The largest absolute Gasteiger partial charge is 0.458 e. The Labute approximate surface area is 545 Å². The minimum atomic E-state index is -1.61. The first-order valence-electron chi connectivity index (χ1n) is 34.2. The Hall–Kier alpha value is -6.45. The highest BCUT2D eigenvalue weighted by atomic mass is 19.1. The van der Waals surface area contributed by atoms with Gasteiger partial charge in [-0.25, -0.2) is 9.18 Å². The first kappa shape index (κ1) is 79.8. The summed E-state index contributed by atoms with van der Waals surface area (Å²) < 4.78 is 20.1. The minimum Gasteiger partial charge on any atom is -0.458 e. The molecule has 1 spiro atoms. The van der Waals surface area contributed by atoms with E-state index in [1.807, 2.05) is 58.0 Å². The molecule has 9 N–H and O–H groups in total. The number of Topliss-reactive ketones (excluding diaryl/α,β-unsaturated/α-hetero) is 4. The third kappa shape index (κ3) is 24.1. The number of carbonyl (C=O) groups is 12. The van der Waals surface area contributed by atoms with E-state index in [0.717, 1.165) is 31.2 Å². The summed E-state index contributed by atoms with van der Waals surface area (Å²) in [6.07, 6.45) is 2.27. The van der Waals surface area contributed by atoms with E-state index in [2.05, 4.69) is 38.8 Å². The number of unbranched alkanes of at least 4 members (excludes halogenated alkanes) is 4. The molecule has 2 aliphatic rings. The first-order chi connectivity index (χ1) is 43.5. The van der Waals surface area contributed by atoms with Gasteiger partial charge in [-0.3, -0.25) is 52.7 Å². The highest BCUT2D eigenvalue weighted by Gasteiger charge is 2.62. The maximum atomic E-state index is 14.7. The summed E-state index contributed by atoms with van der Waals surface area (Å²) in [5.41, 5.74) is 5.06. The van der Waals surface area contributed by atoms with Gasteiger partial charge in [-0.05, 0) is 87.5 Å². The molecule has 1 aromatic rings. The molecule has 1 aliphatic carbocycles. The summed E-state index contributed by atoms with van der Waals surface area (Å²) in [6.45, 7) is 21.5. The van der Waals surface area contributed by atoms with Crippen LogP contribution >= 0.6 is 0 Å². The first-order valence-corrected chi connectivity index (χ1v) is 34.2. The van der Waals surface area contributed by atoms with Crippen LogP contribution in [-0.4, -0.2) is 130 Å². The third-order valence-electron chi connectivity index (χ3n) is 19.5. The molecule has 1 aliphatic heterocycles. The van der Waals surface area contributed by atoms with E-state index in [1.54, 1.807) is 34.6 Å². The number of hydrogen-bond donors (Lipinski definition) is 8. The van der Waals surface area contributed by atoms with Gasteiger partial charge in [-0.15, -0.1) is 0 Å². The second kappa shape index (κ2) is 39.3. The molecule has 22 heteroatoms. The van der Waals surface area contributed by atoms with Gasteiger partial charge in [-0.2, -0.15) is 0 Å². The van der Waals surface area contributed by atoms with E-state index in [1.165, 1.54) is 20.8 Å². The molecule has 18 atom stereocenters. The standard InChI is InChI=1S/C70H112FN7O14/c1-14-20-21-22-26-29-49(35-56(82)59(41(8)16-3)74-64(86)48(19-6)34-47-27-24-23-25-28-47)65(87)73-53(30-31-58(72)84)54(80)37-52(40(7)15-2)67(89)75-60(42(9)17-4)57(83)36-50(39-79)66(88)76-62-46(13)92-68(90)61(43(10)18-5)77-69(91)70(38-51(70)33-45(12)71)78-63(85)44(11)32-55(62)81/h23-25,27-28,40-46,48-53,59-62,79H,14-22,26,29-39H2,1-13H3,(H2,72,84)(H,73,87)(H,74,86)(H,75,89)(H,76,88)(H,77,91)(H,78,85)/t40-,41-,42-,43-,44+,45?,46-,48+,49+,50-,51+,52+,53+,59-,60-,61-,62+,70+/m0/s1. The van der Waals surface area contributed by atoms with Crippen LogP contribution in [0.2, 0.25) is 0 Å². The van der Waals surface area contributed by atoms with Crippen LogP contribution in [0.5, 0.6) is 0 Å². The number of benzene rings is 1. The van der Waals surface area contributed by atoms with E-state index in [0.29, 0.717) is 51.4 Å². The molecular formula is C70H112FN7O14. The van der Waals surface area contributed by atoms with Gasteiger partial charge in [0.2, 0.25) is 41.4 Å². The van der Waals surface area contributed by atoms with Crippen molar-refractivity contribution in [1.29, 1.82) is 0 Å². The number of hydrogen-bond acceptors (Lipinski definition) is 14. The monoisotopic (exact) mass is 1290 g/mol. The fraction of sp³-hybridized carbons (Fsp3) is 0.743. The average Bonchev–Trinajstić information content (AvgIpc) is 1.58. The SMILES string of the molecule is CCCCCCC[C@H](CC(=O)[C@@H](NC(=O)[C@H](CC)Cc1ccccc1)[C@@H](C)CC)C(=O)N[C@H](CCC(N)=O)C(=O)C[C@@H](C(=O)N[C@H](C(=O)C[C@@H](CO)C(=O)N[C@H]1C(=O)C[C@@H](C)C(=O)N[C@@]2(C[C@H]2CC(C)F)C(=O)N[C@@H]([C@@H](C)CC)C(=O)O[C@H]1C)[C@@H](C)CC)[C@@H](C)CC. The zero-order valence-electron chi connectivity index (χ0n) is 57.3. The molecule has 92 heavy (non-hydrogen) atoms. The Morgan fingerprint density at radius 1 is 0.685 bits per heavy atom. The lowest BCUT2D eigenvalue weighted by Gasteiger charge is -2.31. The fourth-order valence-electron chi connectivity index (χ4n) is 12.1. The fourth-order valence-corrected chi connectivity index (χ4v) is 12.1. The highest BCUT2D eigenvalue weighted by molar-refractivity contribution is 6.01. The van der Waals surface area contributed by atoms with Gasteiger partial charge >= 0.3 is 5.97 Å². The van der Waals surface area contributed by atoms with Crippen molar-refractivity contribution in [1.82, 2.24) is 31.9 Å². The zero-order chi connectivity index (χ0) is 69.2. The Kier molecular flexibility index (Phi) is 34.1. The maximum Gasteiger partial charge on any atom is 0.329 e. The van der Waals surface area contributed by atoms with Crippen molar-refractivity contribution in [2.45, 2.75) is 266 Å². The van der Waals surface area contributed by atoms with Gasteiger partial charge in [0.25, 0.3) is 0 Å². The maximum absolute atomic E-state index is 14.7. The number of primary amides is 1. The van der Waals surface area contributed by atoms with Crippen molar-refractivity contribution in [3.05, 3.63) is 35.9 Å². The zero-order valence-corrected chi connectivity index (χ0v) is 57.3. The van der Waals surface area contributed by atoms with Gasteiger partial charge in [0, 0.05) is 55.8 Å². The number of ketones is 4. The summed E-state index contributed by atoms with van der Waals surface area (Å²) in [7, 11) is 0. The third-order valence-corrected chi connectivity index (χ3v) is 19.5. The number of ether oxygens (including phenoxy) is 1. The quantitative estimate of drug-likeness (QED) is 0.0235. The topological polar surface area (TPSA) is 332 Å². The van der Waals surface area contributed by atoms with Crippen molar-refractivity contribution < 1.29 is 71.8 Å². The van der Waals surface area contributed by atoms with Crippen LogP contribution in [-0.2, 0) is 68.7 Å². The smallest absolute Gasteiger partial charge is 0.329 e. The summed E-state index contributed by atoms with van der Waals surface area (Å²) in [4.78, 5) is 169. The second-order valence-corrected chi connectivity index (χ2v) is 26.8. The molecule has 0 aromatic heterocycles. The van der Waals surface area contributed by atoms with Crippen LogP contribution in [0.15, 0.2) is 30.3 Å². The number of cyclic esters (lactones) is 1. The molecule has 1 unspecified atom stereocenters. The van der Waals surface area contributed by atoms with E-state index in [-0.39, 0.29) is 49.7 Å². The number of esters is 1. The number of alkyl halides is 1. The predicted molar refractivity (Wildman–Crippen MR) is 348 cm³/mol. The van der Waals surface area contributed by atoms with Gasteiger partial charge in [0.05, 0.1) is 36.8 Å². The molecular weight excluding hydrogens is 1180 g/mol. The van der Waals surface area contributed by atoms with E-state index < -0.39 is 186 Å². The number of amides is 7. The van der Waals surface area contributed by atoms with Crippen molar-refractivity contribution in [3.63, 3.8) is 0 Å². The Morgan fingerprint density at radius 3 is 1.80 bits per heavy atom. The average molecular weight is 1290 g/mol. The van der Waals surface area contributed by atoms with Crippen molar-refractivity contribution >= 4 is 70.5 Å². The molecule has 2 fully saturated rings. The molecule has 1 saturated carbocycles. The lowest BCUT2D eigenvalue weighted by Crippen LogP contribution is -2.57. The number of aliphatic hydroxyl groups excluding tert-OH is 1. The molecule has 3 rings (SSSR count). The number of nitrogens with one attached hydrogen (secondary N) is 6. The summed E-state index contributed by atoms with van der Waals surface area (Å²) in [5, 5.41) is 27.5.